The van der Waals surface area contributed by atoms with Crippen LogP contribution in [0.1, 0.15) is 13.8 Å². The SMILES string of the molecule is COC(=O)C(C)(C)COC(=O)Cn1cnc(N)n1. The first-order valence-electron chi connectivity index (χ1n) is 5.24. The molecule has 1 heterocycles. The molecule has 0 spiro atoms. The van der Waals surface area contributed by atoms with Gasteiger partial charge in [0.05, 0.1) is 12.5 Å². The van der Waals surface area contributed by atoms with Gasteiger partial charge >= 0.3 is 11.9 Å². The molecule has 2 N–H and O–H groups in total. The third-order valence-electron chi connectivity index (χ3n) is 2.18. The highest BCUT2D eigenvalue weighted by Crippen LogP contribution is 2.17. The molecule has 18 heavy (non-hydrogen) atoms. The Labute approximate surface area is 104 Å². The topological polar surface area (TPSA) is 109 Å². The first-order valence-corrected chi connectivity index (χ1v) is 5.24. The fourth-order valence-corrected chi connectivity index (χ4v) is 1.16. The van der Waals surface area contributed by atoms with E-state index in [1.165, 1.54) is 18.1 Å². The van der Waals surface area contributed by atoms with E-state index in [2.05, 4.69) is 14.8 Å². The highest BCUT2D eigenvalue weighted by molar-refractivity contribution is 5.76. The molecule has 0 fully saturated rings. The average molecular weight is 256 g/mol. The zero-order valence-electron chi connectivity index (χ0n) is 10.5. The van der Waals surface area contributed by atoms with Gasteiger partial charge in [0, 0.05) is 0 Å². The van der Waals surface area contributed by atoms with Crippen molar-refractivity contribution in [2.75, 3.05) is 19.5 Å². The molecule has 0 radical (unpaired) electrons. The zero-order chi connectivity index (χ0) is 13.8. The lowest BCUT2D eigenvalue weighted by atomic mass is 9.95. The number of hydrogen-bond donors (Lipinski definition) is 1. The summed E-state index contributed by atoms with van der Waals surface area (Å²) in [7, 11) is 1.28. The molecule has 0 aliphatic carbocycles. The first kappa shape index (κ1) is 13.9. The molecule has 0 aliphatic heterocycles. The fraction of sp³-hybridized carbons (Fsp3) is 0.600. The highest BCUT2D eigenvalue weighted by Gasteiger charge is 2.30. The van der Waals surface area contributed by atoms with E-state index in [4.69, 9.17) is 10.5 Å². The molecule has 100 valence electrons. The molecule has 0 saturated heterocycles. The van der Waals surface area contributed by atoms with Crippen LogP contribution in [0.4, 0.5) is 5.95 Å². The van der Waals surface area contributed by atoms with Gasteiger partial charge in [-0.3, -0.25) is 9.59 Å². The van der Waals surface area contributed by atoms with Crippen molar-refractivity contribution >= 4 is 17.9 Å². The van der Waals surface area contributed by atoms with Crippen LogP contribution < -0.4 is 5.73 Å². The van der Waals surface area contributed by atoms with Crippen LogP contribution in [0.3, 0.4) is 0 Å². The lowest BCUT2D eigenvalue weighted by Crippen LogP contribution is -2.32. The van der Waals surface area contributed by atoms with E-state index in [1.54, 1.807) is 13.8 Å². The van der Waals surface area contributed by atoms with Gasteiger partial charge in [-0.05, 0) is 13.8 Å². The zero-order valence-corrected chi connectivity index (χ0v) is 10.5. The van der Waals surface area contributed by atoms with Gasteiger partial charge in [0.25, 0.3) is 0 Å². The third kappa shape index (κ3) is 3.72. The number of aromatic nitrogens is 3. The van der Waals surface area contributed by atoms with Crippen molar-refractivity contribution in [1.29, 1.82) is 0 Å². The minimum absolute atomic E-state index is 0.0668. The Kier molecular flexibility index (Phi) is 4.24. The molecule has 0 aromatic carbocycles. The van der Waals surface area contributed by atoms with Crippen molar-refractivity contribution in [3.63, 3.8) is 0 Å². The maximum atomic E-state index is 11.5. The Bertz CT molecular complexity index is 441. The Morgan fingerprint density at radius 2 is 2.17 bits per heavy atom. The van der Waals surface area contributed by atoms with Crippen LogP contribution in [0.15, 0.2) is 6.33 Å². The number of anilines is 1. The predicted molar refractivity (Wildman–Crippen MR) is 61.2 cm³/mol. The molecule has 1 aromatic heterocycles. The maximum absolute atomic E-state index is 11.5. The van der Waals surface area contributed by atoms with Crippen molar-refractivity contribution in [1.82, 2.24) is 14.8 Å². The Hall–Kier alpha value is -2.12. The van der Waals surface area contributed by atoms with E-state index in [-0.39, 0.29) is 19.1 Å². The molecule has 8 heteroatoms. The normalized spacial score (nSPS) is 11.1. The molecule has 0 atom stereocenters. The van der Waals surface area contributed by atoms with Crippen LogP contribution in [0.5, 0.6) is 0 Å². The van der Waals surface area contributed by atoms with Crippen LogP contribution in [-0.2, 0) is 25.6 Å². The van der Waals surface area contributed by atoms with E-state index in [1.807, 2.05) is 0 Å². The van der Waals surface area contributed by atoms with Gasteiger partial charge < -0.3 is 15.2 Å². The quantitative estimate of drug-likeness (QED) is 0.714. The van der Waals surface area contributed by atoms with Crippen molar-refractivity contribution in [2.24, 2.45) is 5.41 Å². The Balaban J connectivity index is 2.44. The molecule has 0 bridgehead atoms. The number of rotatable bonds is 5. The van der Waals surface area contributed by atoms with Gasteiger partial charge in [-0.15, -0.1) is 5.10 Å². The number of nitrogen functional groups attached to an aromatic ring is 1. The van der Waals surface area contributed by atoms with E-state index in [9.17, 15) is 9.59 Å². The largest absolute Gasteiger partial charge is 0.469 e. The minimum atomic E-state index is -0.883. The van der Waals surface area contributed by atoms with Crippen LogP contribution in [-0.4, -0.2) is 40.4 Å². The summed E-state index contributed by atoms with van der Waals surface area (Å²) in [6.07, 6.45) is 1.32. The highest BCUT2D eigenvalue weighted by atomic mass is 16.5. The van der Waals surface area contributed by atoms with Gasteiger partial charge in [-0.25, -0.2) is 9.67 Å². The standard InChI is InChI=1S/C10H16N4O4/c1-10(2,8(16)17-3)5-18-7(15)4-14-6-12-9(11)13-14/h6H,4-5H2,1-3H3,(H2,11,13). The van der Waals surface area contributed by atoms with Crippen molar-refractivity contribution < 1.29 is 19.1 Å². The number of esters is 2. The van der Waals surface area contributed by atoms with Crippen LogP contribution in [0, 0.1) is 5.41 Å². The summed E-state index contributed by atoms with van der Waals surface area (Å²) in [6.45, 7) is 3.07. The summed E-state index contributed by atoms with van der Waals surface area (Å²) in [6, 6.07) is 0. The number of nitrogens with zero attached hydrogens (tertiary/aromatic N) is 3. The Morgan fingerprint density at radius 1 is 1.50 bits per heavy atom. The van der Waals surface area contributed by atoms with E-state index in [0.717, 1.165) is 0 Å². The van der Waals surface area contributed by atoms with E-state index >= 15 is 0 Å². The molecular weight excluding hydrogens is 240 g/mol. The second-order valence-corrected chi connectivity index (χ2v) is 4.34. The minimum Gasteiger partial charge on any atom is -0.469 e. The van der Waals surface area contributed by atoms with Crippen LogP contribution >= 0.6 is 0 Å². The monoisotopic (exact) mass is 256 g/mol. The van der Waals surface area contributed by atoms with E-state index in [0.29, 0.717) is 0 Å². The molecular formula is C10H16N4O4. The van der Waals surface area contributed by atoms with Crippen LogP contribution in [0.2, 0.25) is 0 Å². The number of nitrogens with two attached hydrogens (primary N) is 1. The van der Waals surface area contributed by atoms with Gasteiger partial charge in [-0.1, -0.05) is 0 Å². The molecule has 8 nitrogen and oxygen atoms in total. The summed E-state index contributed by atoms with van der Waals surface area (Å²) in [5.74, 6) is -0.894. The van der Waals surface area contributed by atoms with Gasteiger partial charge in [-0.2, -0.15) is 0 Å². The van der Waals surface area contributed by atoms with Gasteiger partial charge in [0.15, 0.2) is 0 Å². The summed E-state index contributed by atoms with van der Waals surface area (Å²) in [4.78, 5) is 26.5. The molecule has 1 rings (SSSR count). The van der Waals surface area contributed by atoms with Crippen molar-refractivity contribution in [3.8, 4) is 0 Å². The number of ether oxygens (including phenoxy) is 2. The summed E-state index contributed by atoms with van der Waals surface area (Å²) in [5, 5.41) is 3.74. The smallest absolute Gasteiger partial charge is 0.327 e. The molecule has 1 aromatic rings. The van der Waals surface area contributed by atoms with E-state index < -0.39 is 17.4 Å². The van der Waals surface area contributed by atoms with Crippen LogP contribution in [0.25, 0.3) is 0 Å². The van der Waals surface area contributed by atoms with Crippen molar-refractivity contribution in [2.45, 2.75) is 20.4 Å². The Morgan fingerprint density at radius 3 is 2.67 bits per heavy atom. The predicted octanol–water partition coefficient (Wildman–Crippen LogP) is -0.397. The van der Waals surface area contributed by atoms with Gasteiger partial charge in [0.1, 0.15) is 19.5 Å². The number of carbonyl (C=O) groups is 2. The van der Waals surface area contributed by atoms with Gasteiger partial charge in [0.2, 0.25) is 5.95 Å². The molecule has 0 amide bonds. The lowest BCUT2D eigenvalue weighted by molar-refractivity contribution is -0.159. The second kappa shape index (κ2) is 5.48. The fourth-order valence-electron chi connectivity index (χ4n) is 1.16. The summed E-state index contributed by atoms with van der Waals surface area (Å²) in [5.41, 5.74) is 4.42. The summed E-state index contributed by atoms with van der Waals surface area (Å²) >= 11 is 0. The third-order valence-corrected chi connectivity index (χ3v) is 2.18. The number of hydrogen-bond acceptors (Lipinski definition) is 7. The molecule has 0 saturated carbocycles. The molecule has 0 aliphatic rings. The summed E-state index contributed by atoms with van der Waals surface area (Å²) < 4.78 is 10.8. The van der Waals surface area contributed by atoms with Crippen molar-refractivity contribution in [3.05, 3.63) is 6.33 Å². The molecule has 0 unspecified atom stereocenters. The lowest BCUT2D eigenvalue weighted by Gasteiger charge is -2.20. The first-order chi connectivity index (χ1) is 8.35. The second-order valence-electron chi connectivity index (χ2n) is 4.34. The number of carbonyl (C=O) groups excluding carboxylic acids is 2. The number of methoxy groups -OCH3 is 1. The maximum Gasteiger partial charge on any atom is 0.327 e. The average Bonchev–Trinajstić information content (AvgIpc) is 2.71.